The molecule has 1 aliphatic heterocycles. The summed E-state index contributed by atoms with van der Waals surface area (Å²) in [5.41, 5.74) is 5.77. The largest absolute Gasteiger partial charge is 0.337 e. The van der Waals surface area contributed by atoms with E-state index in [2.05, 4.69) is 21.3 Å². The van der Waals surface area contributed by atoms with Crippen LogP contribution >= 0.6 is 0 Å². The summed E-state index contributed by atoms with van der Waals surface area (Å²) in [6.07, 6.45) is 4.22. The Kier molecular flexibility index (Phi) is 3.76. The molecule has 2 heterocycles. The minimum Gasteiger partial charge on any atom is -0.337 e. The molecule has 0 spiro atoms. The molecule has 2 rings (SSSR count). The van der Waals surface area contributed by atoms with E-state index in [1.165, 1.54) is 0 Å². The van der Waals surface area contributed by atoms with Crippen molar-refractivity contribution in [3.8, 4) is 0 Å². The van der Waals surface area contributed by atoms with Crippen LogP contribution in [0.25, 0.3) is 0 Å². The lowest BCUT2D eigenvalue weighted by atomic mass is 10.2. The second-order valence-corrected chi connectivity index (χ2v) is 4.61. The number of carbonyl (C=O) groups excluding carboxylic acids is 1. The normalized spacial score (nSPS) is 15.2. The fraction of sp³-hybridized carbons (Fsp3) is 0.583. The number of rotatable bonds is 5. The van der Waals surface area contributed by atoms with Crippen molar-refractivity contribution >= 4 is 5.91 Å². The average Bonchev–Trinajstić information content (AvgIpc) is 2.93. The average molecular weight is 249 g/mol. The van der Waals surface area contributed by atoms with E-state index in [4.69, 9.17) is 5.73 Å². The summed E-state index contributed by atoms with van der Waals surface area (Å²) in [4.78, 5) is 13.6. The van der Waals surface area contributed by atoms with Gasteiger partial charge in [0.25, 0.3) is 0 Å². The molecule has 0 saturated carbocycles. The van der Waals surface area contributed by atoms with Gasteiger partial charge >= 0.3 is 0 Å². The number of nitrogens with zero attached hydrogens (tertiary/aromatic N) is 4. The van der Waals surface area contributed by atoms with Gasteiger partial charge in [-0.1, -0.05) is 6.08 Å². The highest BCUT2D eigenvalue weighted by Crippen LogP contribution is 2.15. The van der Waals surface area contributed by atoms with Crippen LogP contribution in [-0.2, 0) is 24.3 Å². The summed E-state index contributed by atoms with van der Waals surface area (Å²) in [5.74, 6) is 1.76. The van der Waals surface area contributed by atoms with Gasteiger partial charge in [0.05, 0.1) is 12.6 Å². The van der Waals surface area contributed by atoms with Crippen LogP contribution in [0.2, 0.25) is 0 Å². The lowest BCUT2D eigenvalue weighted by Gasteiger charge is -2.20. The summed E-state index contributed by atoms with van der Waals surface area (Å²) in [7, 11) is 1.74. The molecule has 2 N–H and O–H groups in total. The van der Waals surface area contributed by atoms with Crippen molar-refractivity contribution < 1.29 is 4.79 Å². The van der Waals surface area contributed by atoms with Gasteiger partial charge in [0.1, 0.15) is 5.82 Å². The summed E-state index contributed by atoms with van der Waals surface area (Å²) in [6, 6.07) is -0.520. The molecule has 0 fully saturated rings. The molecule has 0 radical (unpaired) electrons. The Balaban J connectivity index is 2.00. The van der Waals surface area contributed by atoms with E-state index in [1.54, 1.807) is 18.0 Å². The van der Waals surface area contributed by atoms with Gasteiger partial charge in [-0.2, -0.15) is 0 Å². The third kappa shape index (κ3) is 2.43. The number of aryl methyl sites for hydroxylation is 1. The molecule has 6 nitrogen and oxygen atoms in total. The lowest BCUT2D eigenvalue weighted by Crippen LogP contribution is -2.41. The van der Waals surface area contributed by atoms with Crippen molar-refractivity contribution in [3.63, 3.8) is 0 Å². The molecule has 1 aliphatic rings. The Hall–Kier alpha value is -1.69. The molecular weight excluding hydrogens is 230 g/mol. The maximum atomic E-state index is 12.0. The molecule has 1 amide bonds. The van der Waals surface area contributed by atoms with Crippen LogP contribution in [-0.4, -0.2) is 38.7 Å². The molecule has 0 aromatic carbocycles. The van der Waals surface area contributed by atoms with Crippen LogP contribution in [0.1, 0.15) is 24.5 Å². The van der Waals surface area contributed by atoms with E-state index < -0.39 is 6.04 Å². The summed E-state index contributed by atoms with van der Waals surface area (Å²) in [5, 5.41) is 8.24. The Morgan fingerprint density at radius 3 is 3.17 bits per heavy atom. The van der Waals surface area contributed by atoms with Crippen molar-refractivity contribution in [2.24, 2.45) is 5.73 Å². The van der Waals surface area contributed by atoms with Crippen molar-refractivity contribution in [1.29, 1.82) is 0 Å². The fourth-order valence-electron chi connectivity index (χ4n) is 2.18. The molecule has 0 saturated heterocycles. The number of carbonyl (C=O) groups is 1. The Morgan fingerprint density at radius 2 is 2.44 bits per heavy atom. The first-order valence-corrected chi connectivity index (χ1v) is 6.16. The first-order chi connectivity index (χ1) is 8.63. The molecule has 0 bridgehead atoms. The molecule has 98 valence electrons. The van der Waals surface area contributed by atoms with Gasteiger partial charge < -0.3 is 15.2 Å². The summed E-state index contributed by atoms with van der Waals surface area (Å²) < 4.78 is 2.09. The van der Waals surface area contributed by atoms with Gasteiger partial charge in [0.2, 0.25) is 5.91 Å². The quantitative estimate of drug-likeness (QED) is 0.750. The number of aromatic nitrogens is 3. The predicted octanol–water partition coefficient (Wildman–Crippen LogP) is 0.0861. The molecule has 1 aromatic heterocycles. The van der Waals surface area contributed by atoms with Crippen LogP contribution in [0, 0.1) is 0 Å². The third-order valence-electron chi connectivity index (χ3n) is 3.18. The second-order valence-electron chi connectivity index (χ2n) is 4.61. The second kappa shape index (κ2) is 5.30. The monoisotopic (exact) mass is 249 g/mol. The zero-order valence-corrected chi connectivity index (χ0v) is 10.7. The third-order valence-corrected chi connectivity index (χ3v) is 3.18. The zero-order chi connectivity index (χ0) is 13.1. The van der Waals surface area contributed by atoms with E-state index in [1.807, 2.05) is 0 Å². The van der Waals surface area contributed by atoms with Crippen LogP contribution in [0.4, 0.5) is 0 Å². The van der Waals surface area contributed by atoms with Crippen LogP contribution in [0.15, 0.2) is 12.7 Å². The highest BCUT2D eigenvalue weighted by atomic mass is 16.2. The summed E-state index contributed by atoms with van der Waals surface area (Å²) >= 11 is 0. The van der Waals surface area contributed by atoms with Gasteiger partial charge in [-0.3, -0.25) is 4.79 Å². The van der Waals surface area contributed by atoms with E-state index in [0.717, 1.165) is 31.0 Å². The van der Waals surface area contributed by atoms with Gasteiger partial charge in [0.15, 0.2) is 5.82 Å². The van der Waals surface area contributed by atoms with Gasteiger partial charge in [-0.25, -0.2) is 0 Å². The van der Waals surface area contributed by atoms with E-state index in [0.29, 0.717) is 13.0 Å². The Labute approximate surface area is 106 Å². The maximum absolute atomic E-state index is 12.0. The SMILES string of the molecule is C=CCC(N)C(=O)N(C)Cc1nnc2n1CCC2. The van der Waals surface area contributed by atoms with Gasteiger partial charge in [0, 0.05) is 20.0 Å². The minimum atomic E-state index is -0.520. The Bertz CT molecular complexity index is 453. The van der Waals surface area contributed by atoms with Crippen molar-refractivity contribution in [2.75, 3.05) is 7.05 Å². The minimum absolute atomic E-state index is 0.0924. The standard InChI is InChI=1S/C12H19N5O/c1-3-5-9(13)12(18)16(2)8-11-15-14-10-6-4-7-17(10)11/h3,9H,1,4-8,13H2,2H3. The van der Waals surface area contributed by atoms with Gasteiger partial charge in [-0.15, -0.1) is 16.8 Å². The number of amides is 1. The number of hydrogen-bond acceptors (Lipinski definition) is 4. The molecule has 1 atom stereocenters. The molecule has 0 aliphatic carbocycles. The van der Waals surface area contributed by atoms with E-state index in [9.17, 15) is 4.79 Å². The van der Waals surface area contributed by atoms with Crippen molar-refractivity contribution in [2.45, 2.75) is 38.4 Å². The number of nitrogens with two attached hydrogens (primary N) is 1. The number of fused-ring (bicyclic) bond motifs is 1. The fourth-order valence-corrected chi connectivity index (χ4v) is 2.18. The summed E-state index contributed by atoms with van der Waals surface area (Å²) in [6.45, 7) is 4.99. The molecule has 1 aromatic rings. The number of hydrogen-bond donors (Lipinski definition) is 1. The van der Waals surface area contributed by atoms with Crippen LogP contribution < -0.4 is 5.73 Å². The molecule has 6 heteroatoms. The molecule has 18 heavy (non-hydrogen) atoms. The van der Waals surface area contributed by atoms with Crippen LogP contribution in [0.5, 0.6) is 0 Å². The Morgan fingerprint density at radius 1 is 1.67 bits per heavy atom. The maximum Gasteiger partial charge on any atom is 0.239 e. The topological polar surface area (TPSA) is 77.0 Å². The highest BCUT2D eigenvalue weighted by Gasteiger charge is 2.22. The molecule has 1 unspecified atom stereocenters. The van der Waals surface area contributed by atoms with Gasteiger partial charge in [-0.05, 0) is 12.8 Å². The van der Waals surface area contributed by atoms with E-state index in [-0.39, 0.29) is 5.91 Å². The van der Waals surface area contributed by atoms with Crippen molar-refractivity contribution in [3.05, 3.63) is 24.3 Å². The predicted molar refractivity (Wildman–Crippen MR) is 67.6 cm³/mol. The van der Waals surface area contributed by atoms with Crippen LogP contribution in [0.3, 0.4) is 0 Å². The highest BCUT2D eigenvalue weighted by molar-refractivity contribution is 5.81. The number of likely N-dealkylation sites (N-methyl/N-ethyl adjacent to an activating group) is 1. The van der Waals surface area contributed by atoms with E-state index >= 15 is 0 Å². The molecular formula is C12H19N5O. The van der Waals surface area contributed by atoms with Crippen molar-refractivity contribution in [1.82, 2.24) is 19.7 Å². The first-order valence-electron chi connectivity index (χ1n) is 6.16. The first kappa shape index (κ1) is 12.8. The zero-order valence-electron chi connectivity index (χ0n) is 10.7. The lowest BCUT2D eigenvalue weighted by molar-refractivity contribution is -0.131. The smallest absolute Gasteiger partial charge is 0.239 e.